The molecule has 4 N–H and O–H groups in total. The largest absolute Gasteiger partial charge is 0.497 e. The maximum atomic E-state index is 13.1. The Kier molecular flexibility index (Phi) is 7.65. The molecule has 0 saturated heterocycles. The van der Waals surface area contributed by atoms with Crippen LogP contribution in [0.4, 0.5) is 4.79 Å². The third-order valence-electron chi connectivity index (χ3n) is 5.26. The van der Waals surface area contributed by atoms with E-state index in [1.165, 1.54) is 0 Å². The second-order valence-electron chi connectivity index (χ2n) is 9.04. The van der Waals surface area contributed by atoms with Crippen molar-refractivity contribution in [1.29, 1.82) is 0 Å². The normalized spacial score (nSPS) is 15.8. The molecular weight excluding hydrogens is 438 g/mol. The topological polar surface area (TPSA) is 129 Å². The fraction of sp³-hybridized carbons (Fsp3) is 0.400. The van der Waals surface area contributed by atoms with Gasteiger partial charge in [0.15, 0.2) is 0 Å². The highest BCUT2D eigenvalue weighted by Crippen LogP contribution is 2.35. The number of hydrogen-bond donors (Lipinski definition) is 3. The molecule has 0 spiro atoms. The first kappa shape index (κ1) is 24.9. The van der Waals surface area contributed by atoms with Crippen molar-refractivity contribution >= 4 is 17.9 Å². The molecule has 2 aromatic carbocycles. The van der Waals surface area contributed by atoms with Crippen LogP contribution >= 0.6 is 0 Å². The first-order valence-electron chi connectivity index (χ1n) is 11.1. The van der Waals surface area contributed by atoms with Crippen LogP contribution < -0.4 is 25.8 Å². The highest BCUT2D eigenvalue weighted by atomic mass is 16.6. The number of alkyl carbamates (subject to hydrolysis) is 1. The molecule has 9 nitrogen and oxygen atoms in total. The van der Waals surface area contributed by atoms with Crippen LogP contribution in [0.3, 0.4) is 0 Å². The molecule has 1 aliphatic heterocycles. The van der Waals surface area contributed by atoms with Crippen molar-refractivity contribution in [3.8, 4) is 11.5 Å². The molecule has 0 aliphatic carbocycles. The standard InChI is InChI=1S/C25H31N3O6/c1-25(2,3)34-24(31)28-19-12-13-33-21-17(19)6-5-7-18(21)23(30)27-20(22(26)29)14-15-8-10-16(32-4)11-9-15/h5-11,19-20H,12-14H2,1-4H3,(H2,26,29)(H,27,30)(H,28,31)/t19?,20-/m0/s1. The van der Waals surface area contributed by atoms with E-state index >= 15 is 0 Å². The maximum absolute atomic E-state index is 13.1. The predicted octanol–water partition coefficient (Wildman–Crippen LogP) is 2.87. The van der Waals surface area contributed by atoms with Gasteiger partial charge >= 0.3 is 6.09 Å². The van der Waals surface area contributed by atoms with Crippen LogP contribution in [0.15, 0.2) is 42.5 Å². The molecule has 2 aromatic rings. The molecule has 1 aliphatic rings. The van der Waals surface area contributed by atoms with Gasteiger partial charge in [-0.25, -0.2) is 4.79 Å². The summed E-state index contributed by atoms with van der Waals surface area (Å²) in [7, 11) is 1.57. The monoisotopic (exact) mass is 469 g/mol. The first-order valence-corrected chi connectivity index (χ1v) is 11.1. The molecule has 0 aromatic heterocycles. The summed E-state index contributed by atoms with van der Waals surface area (Å²) in [5, 5.41) is 5.55. The Morgan fingerprint density at radius 2 is 1.85 bits per heavy atom. The van der Waals surface area contributed by atoms with Gasteiger partial charge in [-0.3, -0.25) is 9.59 Å². The third kappa shape index (κ3) is 6.40. The number of carbonyl (C=O) groups is 3. The lowest BCUT2D eigenvalue weighted by atomic mass is 9.97. The maximum Gasteiger partial charge on any atom is 0.408 e. The van der Waals surface area contributed by atoms with Gasteiger partial charge < -0.3 is 30.6 Å². The SMILES string of the molecule is COc1ccc(C[C@H](NC(=O)c2cccc3c2OCCC3NC(=O)OC(C)(C)C)C(N)=O)cc1. The number of methoxy groups -OCH3 is 1. The fourth-order valence-corrected chi connectivity index (χ4v) is 3.66. The molecule has 1 heterocycles. The summed E-state index contributed by atoms with van der Waals surface area (Å²) in [6.45, 7) is 5.67. The van der Waals surface area contributed by atoms with Gasteiger partial charge in [0.25, 0.3) is 5.91 Å². The van der Waals surface area contributed by atoms with Gasteiger partial charge in [-0.15, -0.1) is 0 Å². The van der Waals surface area contributed by atoms with E-state index < -0.39 is 29.6 Å². The predicted molar refractivity (Wildman–Crippen MR) is 126 cm³/mol. The van der Waals surface area contributed by atoms with Crippen molar-refractivity contribution in [1.82, 2.24) is 10.6 Å². The van der Waals surface area contributed by atoms with E-state index in [4.69, 9.17) is 19.9 Å². The zero-order valence-corrected chi connectivity index (χ0v) is 19.8. The Hall–Kier alpha value is -3.75. The minimum atomic E-state index is -0.920. The summed E-state index contributed by atoms with van der Waals surface area (Å²) in [5.74, 6) is -0.0996. The molecule has 0 bridgehead atoms. The van der Waals surface area contributed by atoms with Gasteiger partial charge in [0.1, 0.15) is 23.1 Å². The summed E-state index contributed by atoms with van der Waals surface area (Å²) < 4.78 is 16.3. The number of amides is 3. The molecule has 3 amide bonds. The number of ether oxygens (including phenoxy) is 3. The van der Waals surface area contributed by atoms with Crippen LogP contribution in [-0.4, -0.2) is 43.3 Å². The number of hydrogen-bond acceptors (Lipinski definition) is 6. The molecular formula is C25H31N3O6. The zero-order valence-electron chi connectivity index (χ0n) is 19.8. The average Bonchev–Trinajstić information content (AvgIpc) is 2.77. The minimum Gasteiger partial charge on any atom is -0.497 e. The Morgan fingerprint density at radius 1 is 1.15 bits per heavy atom. The number of fused-ring (bicyclic) bond motifs is 1. The van der Waals surface area contributed by atoms with Crippen molar-refractivity contribution < 1.29 is 28.6 Å². The molecule has 2 atom stereocenters. The molecule has 34 heavy (non-hydrogen) atoms. The molecule has 182 valence electrons. The lowest BCUT2D eigenvalue weighted by molar-refractivity contribution is -0.119. The van der Waals surface area contributed by atoms with Crippen molar-refractivity contribution in [2.45, 2.75) is 51.3 Å². The van der Waals surface area contributed by atoms with Crippen LogP contribution in [0.5, 0.6) is 11.5 Å². The highest BCUT2D eigenvalue weighted by molar-refractivity contribution is 6.00. The van der Waals surface area contributed by atoms with Crippen molar-refractivity contribution in [2.24, 2.45) is 5.73 Å². The number of benzene rings is 2. The molecule has 0 saturated carbocycles. The molecule has 0 fully saturated rings. The van der Waals surface area contributed by atoms with Gasteiger partial charge in [-0.1, -0.05) is 24.3 Å². The molecule has 0 radical (unpaired) electrons. The number of nitrogens with one attached hydrogen (secondary N) is 2. The number of rotatable bonds is 7. The fourth-order valence-electron chi connectivity index (χ4n) is 3.66. The molecule has 1 unspecified atom stereocenters. The van der Waals surface area contributed by atoms with Crippen LogP contribution in [0.1, 0.15) is 54.7 Å². The highest BCUT2D eigenvalue weighted by Gasteiger charge is 2.30. The minimum absolute atomic E-state index is 0.226. The van der Waals surface area contributed by atoms with Gasteiger partial charge in [-0.05, 0) is 44.5 Å². The van der Waals surface area contributed by atoms with Gasteiger partial charge in [0, 0.05) is 18.4 Å². The summed E-state index contributed by atoms with van der Waals surface area (Å²) in [6, 6.07) is 11.0. The smallest absolute Gasteiger partial charge is 0.408 e. The van der Waals surface area contributed by atoms with Gasteiger partial charge in [0.05, 0.1) is 25.3 Å². The lowest BCUT2D eigenvalue weighted by Crippen LogP contribution is -2.46. The van der Waals surface area contributed by atoms with Gasteiger partial charge in [0.2, 0.25) is 5.91 Å². The third-order valence-corrected chi connectivity index (χ3v) is 5.26. The van der Waals surface area contributed by atoms with Crippen molar-refractivity contribution in [2.75, 3.05) is 13.7 Å². The van der Waals surface area contributed by atoms with Crippen molar-refractivity contribution in [3.63, 3.8) is 0 Å². The van der Waals surface area contributed by atoms with Crippen LogP contribution in [0.2, 0.25) is 0 Å². The zero-order chi connectivity index (χ0) is 24.9. The Morgan fingerprint density at radius 3 is 2.47 bits per heavy atom. The summed E-state index contributed by atoms with van der Waals surface area (Å²) in [4.78, 5) is 37.4. The Bertz CT molecular complexity index is 1050. The van der Waals surface area contributed by atoms with E-state index in [1.54, 1.807) is 70.3 Å². The van der Waals surface area contributed by atoms with Crippen LogP contribution in [0, 0.1) is 0 Å². The van der Waals surface area contributed by atoms with E-state index in [9.17, 15) is 14.4 Å². The Balaban J connectivity index is 1.76. The van der Waals surface area contributed by atoms with E-state index in [1.807, 2.05) is 0 Å². The van der Waals surface area contributed by atoms with E-state index in [0.717, 1.165) is 5.56 Å². The van der Waals surface area contributed by atoms with Gasteiger partial charge in [-0.2, -0.15) is 0 Å². The van der Waals surface area contributed by atoms with E-state index in [0.29, 0.717) is 30.1 Å². The second-order valence-corrected chi connectivity index (χ2v) is 9.04. The number of primary amides is 1. The summed E-state index contributed by atoms with van der Waals surface area (Å²) >= 11 is 0. The lowest BCUT2D eigenvalue weighted by Gasteiger charge is -2.29. The second kappa shape index (κ2) is 10.5. The average molecular weight is 470 g/mol. The van der Waals surface area contributed by atoms with Crippen LogP contribution in [0.25, 0.3) is 0 Å². The molecule has 3 rings (SSSR count). The van der Waals surface area contributed by atoms with E-state index in [-0.39, 0.29) is 18.0 Å². The van der Waals surface area contributed by atoms with Crippen molar-refractivity contribution in [3.05, 3.63) is 59.2 Å². The van der Waals surface area contributed by atoms with Crippen LogP contribution in [-0.2, 0) is 16.0 Å². The quantitative estimate of drug-likeness (QED) is 0.572. The van der Waals surface area contributed by atoms with E-state index in [2.05, 4.69) is 10.6 Å². The summed E-state index contributed by atoms with van der Waals surface area (Å²) in [5.41, 5.74) is 6.67. The number of carbonyl (C=O) groups excluding carboxylic acids is 3. The molecule has 9 heteroatoms. The Labute approximate surface area is 198 Å². The number of nitrogens with two attached hydrogens (primary N) is 1. The number of para-hydroxylation sites is 1. The first-order chi connectivity index (χ1) is 16.1. The summed E-state index contributed by atoms with van der Waals surface area (Å²) in [6.07, 6.45) is 0.205.